The number of pyridine rings is 1. The first kappa shape index (κ1) is 20.6. The van der Waals surface area contributed by atoms with E-state index in [1.165, 1.54) is 18.2 Å². The molecule has 0 aromatic carbocycles. The predicted octanol–water partition coefficient (Wildman–Crippen LogP) is 3.48. The number of alkyl halides is 2. The second-order valence-corrected chi connectivity index (χ2v) is 7.82. The number of halogens is 3. The maximum absolute atomic E-state index is 13.6. The highest BCUT2D eigenvalue weighted by atomic mass is 35.5. The zero-order valence-corrected chi connectivity index (χ0v) is 17.4. The van der Waals surface area contributed by atoms with E-state index in [-0.39, 0.29) is 12.4 Å². The fourth-order valence-corrected chi connectivity index (χ4v) is 4.10. The third-order valence-electron chi connectivity index (χ3n) is 5.36. The van der Waals surface area contributed by atoms with E-state index >= 15 is 0 Å². The number of hydrogen-bond acceptors (Lipinski definition) is 6. The van der Waals surface area contributed by atoms with Crippen molar-refractivity contribution in [2.75, 3.05) is 6.54 Å². The van der Waals surface area contributed by atoms with Crippen LogP contribution in [0.3, 0.4) is 0 Å². The van der Waals surface area contributed by atoms with Gasteiger partial charge in [0.15, 0.2) is 5.69 Å². The Morgan fingerprint density at radius 2 is 2.25 bits per heavy atom. The van der Waals surface area contributed by atoms with Crippen LogP contribution in [0.25, 0.3) is 5.52 Å². The van der Waals surface area contributed by atoms with Crippen LogP contribution in [0.2, 0.25) is 5.02 Å². The Morgan fingerprint density at radius 1 is 1.44 bits per heavy atom. The summed E-state index contributed by atoms with van der Waals surface area (Å²) < 4.78 is 34.1. The summed E-state index contributed by atoms with van der Waals surface area (Å²) in [6.45, 7) is 1.52. The van der Waals surface area contributed by atoms with E-state index in [1.807, 2.05) is 0 Å². The molecule has 1 amide bonds. The first-order valence-electron chi connectivity index (χ1n) is 9.79. The molecule has 1 unspecified atom stereocenters. The van der Waals surface area contributed by atoms with Crippen LogP contribution in [-0.4, -0.2) is 47.0 Å². The first-order chi connectivity index (χ1) is 15.3. The van der Waals surface area contributed by atoms with Crippen LogP contribution < -0.4 is 0 Å². The zero-order chi connectivity index (χ0) is 22.6. The number of rotatable bonds is 4. The number of nitrogens with zero attached hydrogens (tertiary/aromatic N) is 5. The number of aliphatic hydroxyl groups is 1. The number of aromatic nitrogens is 5. The number of carbonyl (C=O) groups is 1. The van der Waals surface area contributed by atoms with Crippen LogP contribution in [0.5, 0.6) is 0 Å². The van der Waals surface area contributed by atoms with Gasteiger partial charge in [0.25, 0.3) is 12.3 Å². The number of fused-ring (bicyclic) bond motifs is 2. The van der Waals surface area contributed by atoms with Crippen molar-refractivity contribution in [3.05, 3.63) is 70.2 Å². The Hall–Kier alpha value is -3.31. The van der Waals surface area contributed by atoms with Gasteiger partial charge in [-0.2, -0.15) is 5.10 Å². The van der Waals surface area contributed by atoms with Crippen molar-refractivity contribution in [1.82, 2.24) is 29.5 Å². The molecule has 4 aromatic rings. The molecule has 0 spiro atoms. The van der Waals surface area contributed by atoms with Crippen LogP contribution >= 0.6 is 11.6 Å². The lowest BCUT2D eigenvalue weighted by Crippen LogP contribution is -2.41. The van der Waals surface area contributed by atoms with Gasteiger partial charge in [0.1, 0.15) is 12.1 Å². The molecule has 32 heavy (non-hydrogen) atoms. The van der Waals surface area contributed by atoms with Crippen LogP contribution in [0.1, 0.15) is 64.7 Å². The van der Waals surface area contributed by atoms with Gasteiger partial charge >= 0.3 is 0 Å². The number of aliphatic hydroxyl groups excluding tert-OH is 1. The summed E-state index contributed by atoms with van der Waals surface area (Å²) in [4.78, 5) is 25.8. The molecule has 2 N–H and O–H groups in total. The molecule has 5 rings (SSSR count). The van der Waals surface area contributed by atoms with E-state index < -0.39 is 35.9 Å². The highest BCUT2D eigenvalue weighted by Crippen LogP contribution is 2.36. The van der Waals surface area contributed by atoms with E-state index in [0.717, 1.165) is 5.69 Å². The minimum atomic E-state index is -3.05. The monoisotopic (exact) mass is 462 g/mol. The SMILES string of the molecule is C[C@@H](O)c1nc(C(F)F)c(C(=O)N2CCc3[nH]cnc3C2c2cc3c(Cl)cccn3n2)o1. The first-order valence-corrected chi connectivity index (χ1v) is 10.2. The van der Waals surface area contributed by atoms with Gasteiger partial charge in [0.2, 0.25) is 11.7 Å². The molecule has 166 valence electrons. The van der Waals surface area contributed by atoms with Gasteiger partial charge in [-0.3, -0.25) is 4.79 Å². The summed E-state index contributed by atoms with van der Waals surface area (Å²) in [6, 6.07) is 4.41. The molecule has 2 atom stereocenters. The van der Waals surface area contributed by atoms with Crippen molar-refractivity contribution in [1.29, 1.82) is 0 Å². The predicted molar refractivity (Wildman–Crippen MR) is 107 cm³/mol. The van der Waals surface area contributed by atoms with Crippen LogP contribution in [-0.2, 0) is 6.42 Å². The van der Waals surface area contributed by atoms with Gasteiger partial charge in [-0.1, -0.05) is 11.6 Å². The second-order valence-electron chi connectivity index (χ2n) is 7.42. The quantitative estimate of drug-likeness (QED) is 0.480. The zero-order valence-electron chi connectivity index (χ0n) is 16.7. The van der Waals surface area contributed by atoms with Gasteiger partial charge in [-0.05, 0) is 25.1 Å². The summed E-state index contributed by atoms with van der Waals surface area (Å²) in [5.41, 5.74) is 1.66. The second kappa shape index (κ2) is 7.68. The summed E-state index contributed by atoms with van der Waals surface area (Å²) >= 11 is 6.28. The van der Waals surface area contributed by atoms with E-state index in [9.17, 15) is 18.7 Å². The number of H-pyrrole nitrogens is 1. The van der Waals surface area contributed by atoms with Crippen LogP contribution in [0.15, 0.2) is 35.1 Å². The third-order valence-corrected chi connectivity index (χ3v) is 5.68. The Balaban J connectivity index is 1.63. The molecule has 0 saturated heterocycles. The van der Waals surface area contributed by atoms with Crippen LogP contribution in [0, 0.1) is 0 Å². The van der Waals surface area contributed by atoms with Gasteiger partial charge in [0, 0.05) is 24.9 Å². The number of hydrogen-bond donors (Lipinski definition) is 2. The van der Waals surface area contributed by atoms with E-state index in [1.54, 1.807) is 28.9 Å². The number of aromatic amines is 1. The standard InChI is InChI=1S/C20H17ClF2N6O3/c1-9(30)19-26-15(18(22)23)17(32-19)20(31)28-6-4-11-14(25-8-24-11)16(28)12-7-13-10(21)3-2-5-29(13)27-12/h2-3,5,7-9,16,18,30H,4,6H2,1H3,(H,24,25)/t9-,16?/m1/s1. The average Bonchev–Trinajstić information content (AvgIpc) is 3.49. The fourth-order valence-electron chi connectivity index (χ4n) is 3.89. The molecule has 0 aliphatic carbocycles. The molecule has 0 saturated carbocycles. The van der Waals surface area contributed by atoms with E-state index in [0.29, 0.717) is 28.3 Å². The average molecular weight is 463 g/mol. The van der Waals surface area contributed by atoms with Crippen molar-refractivity contribution in [3.8, 4) is 0 Å². The molecule has 0 fully saturated rings. The topological polar surface area (TPSA) is 113 Å². The van der Waals surface area contributed by atoms with Gasteiger partial charge < -0.3 is 19.4 Å². The highest BCUT2D eigenvalue weighted by Gasteiger charge is 2.40. The minimum absolute atomic E-state index is 0.202. The highest BCUT2D eigenvalue weighted by molar-refractivity contribution is 6.33. The summed E-state index contributed by atoms with van der Waals surface area (Å²) in [5, 5.41) is 14.7. The summed E-state index contributed by atoms with van der Waals surface area (Å²) in [7, 11) is 0. The van der Waals surface area contributed by atoms with Gasteiger partial charge in [-0.25, -0.2) is 23.3 Å². The van der Waals surface area contributed by atoms with Gasteiger partial charge in [0.05, 0.1) is 28.3 Å². The molecule has 12 heteroatoms. The van der Waals surface area contributed by atoms with Crippen LogP contribution in [0.4, 0.5) is 8.78 Å². The largest absolute Gasteiger partial charge is 0.432 e. The van der Waals surface area contributed by atoms with E-state index in [4.69, 9.17) is 16.0 Å². The molecule has 0 bridgehead atoms. The number of carbonyl (C=O) groups excluding carboxylic acids is 1. The van der Waals surface area contributed by atoms with Crippen molar-refractivity contribution >= 4 is 23.0 Å². The number of amides is 1. The van der Waals surface area contributed by atoms with Gasteiger partial charge in [-0.15, -0.1) is 0 Å². The van der Waals surface area contributed by atoms with Crippen molar-refractivity contribution in [3.63, 3.8) is 0 Å². The molecule has 1 aliphatic rings. The molecule has 4 aromatic heterocycles. The number of imidazole rings is 1. The van der Waals surface area contributed by atoms with Crippen molar-refractivity contribution < 1.29 is 23.1 Å². The molecular weight excluding hydrogens is 446 g/mol. The number of nitrogens with one attached hydrogen (secondary N) is 1. The normalized spacial score (nSPS) is 17.2. The molecule has 9 nitrogen and oxygen atoms in total. The molecule has 1 aliphatic heterocycles. The Labute approximate surface area is 184 Å². The lowest BCUT2D eigenvalue weighted by Gasteiger charge is -2.33. The summed E-state index contributed by atoms with van der Waals surface area (Å²) in [6.07, 6.45) is -0.634. The molecule has 0 radical (unpaired) electrons. The number of oxazole rings is 1. The van der Waals surface area contributed by atoms with Crippen molar-refractivity contribution in [2.45, 2.75) is 31.9 Å². The molecular formula is C20H17ClF2N6O3. The molecule has 5 heterocycles. The minimum Gasteiger partial charge on any atom is -0.432 e. The van der Waals surface area contributed by atoms with E-state index in [2.05, 4.69) is 20.1 Å². The Morgan fingerprint density at radius 3 is 2.97 bits per heavy atom. The van der Waals surface area contributed by atoms with Crippen molar-refractivity contribution in [2.24, 2.45) is 0 Å². The lowest BCUT2D eigenvalue weighted by atomic mass is 9.99. The fraction of sp³-hybridized carbons (Fsp3) is 0.300. The Bertz CT molecular complexity index is 1310. The lowest BCUT2D eigenvalue weighted by molar-refractivity contribution is 0.0631. The third kappa shape index (κ3) is 3.24. The smallest absolute Gasteiger partial charge is 0.292 e. The maximum Gasteiger partial charge on any atom is 0.292 e. The maximum atomic E-state index is 13.6. The summed E-state index contributed by atoms with van der Waals surface area (Å²) in [5.74, 6) is -1.75. The Kier molecular flexibility index (Phi) is 4.94.